The van der Waals surface area contributed by atoms with E-state index >= 15 is 0 Å². The summed E-state index contributed by atoms with van der Waals surface area (Å²) in [5.41, 5.74) is 1.05. The number of nitrogens with one attached hydrogen (secondary N) is 5. The molecule has 4 amide bonds. The first kappa shape index (κ1) is 40.6. The van der Waals surface area contributed by atoms with Gasteiger partial charge in [-0.25, -0.2) is 0 Å². The Morgan fingerprint density at radius 3 is 2.14 bits per heavy atom. The first-order valence-corrected chi connectivity index (χ1v) is 17.2. The lowest BCUT2D eigenvalue weighted by molar-refractivity contribution is -0.274. The smallest absolute Gasteiger partial charge is 0.481 e. The van der Waals surface area contributed by atoms with E-state index in [1.165, 1.54) is 12.1 Å². The molecular formula is C38H33ClF3N5O9. The Morgan fingerprint density at radius 1 is 0.714 bits per heavy atom. The molecule has 0 spiro atoms. The van der Waals surface area contributed by atoms with Crippen molar-refractivity contribution >= 4 is 74.5 Å². The molecule has 0 aliphatic heterocycles. The maximum atomic E-state index is 13.9. The number of carbonyl (C=O) groups is 6. The van der Waals surface area contributed by atoms with Gasteiger partial charge in [0.1, 0.15) is 29.6 Å². The van der Waals surface area contributed by atoms with Crippen LogP contribution in [-0.2, 0) is 30.4 Å². The highest BCUT2D eigenvalue weighted by Gasteiger charge is 2.33. The number of aromatic nitrogens is 1. The Balaban J connectivity index is 1.37. The van der Waals surface area contributed by atoms with Crippen LogP contribution in [0, 0.1) is 0 Å². The van der Waals surface area contributed by atoms with Crippen molar-refractivity contribution in [1.82, 2.24) is 20.9 Å². The molecule has 18 heteroatoms. The number of rotatable bonds is 16. The molecule has 56 heavy (non-hydrogen) atoms. The summed E-state index contributed by atoms with van der Waals surface area (Å²) in [7, 11) is 0. The number of carbonyl (C=O) groups excluding carboxylic acids is 4. The highest BCUT2D eigenvalue weighted by atomic mass is 35.5. The second-order valence-corrected chi connectivity index (χ2v) is 13.0. The second-order valence-electron chi connectivity index (χ2n) is 12.5. The van der Waals surface area contributed by atoms with Crippen molar-refractivity contribution in [3.8, 4) is 5.75 Å². The van der Waals surface area contributed by atoms with Crippen molar-refractivity contribution in [2.75, 3.05) is 5.32 Å². The van der Waals surface area contributed by atoms with E-state index in [0.29, 0.717) is 21.5 Å². The number of benzene rings is 4. The first-order chi connectivity index (χ1) is 26.5. The van der Waals surface area contributed by atoms with Crippen LogP contribution in [0.1, 0.15) is 35.3 Å². The highest BCUT2D eigenvalue weighted by molar-refractivity contribution is 6.31. The van der Waals surface area contributed by atoms with Crippen LogP contribution in [0.15, 0.2) is 91.0 Å². The predicted molar refractivity (Wildman–Crippen MR) is 197 cm³/mol. The van der Waals surface area contributed by atoms with E-state index in [4.69, 9.17) is 11.6 Å². The van der Waals surface area contributed by atoms with Gasteiger partial charge in [-0.1, -0.05) is 60.1 Å². The summed E-state index contributed by atoms with van der Waals surface area (Å²) in [6.45, 7) is 0. The molecule has 0 aliphatic rings. The Kier molecular flexibility index (Phi) is 12.8. The minimum Gasteiger partial charge on any atom is -0.481 e. The molecule has 1 heterocycles. The third kappa shape index (κ3) is 11.4. The van der Waals surface area contributed by atoms with Gasteiger partial charge in [0.05, 0.1) is 6.42 Å². The normalized spacial score (nSPS) is 12.9. The molecule has 0 radical (unpaired) electrons. The molecule has 3 atom stereocenters. The number of carboxylic acid groups (broad SMARTS) is 2. The van der Waals surface area contributed by atoms with Crippen LogP contribution in [0.4, 0.5) is 18.9 Å². The summed E-state index contributed by atoms with van der Waals surface area (Å²) in [4.78, 5) is 80.5. The lowest BCUT2D eigenvalue weighted by atomic mass is 10.0. The molecular weight excluding hydrogens is 763 g/mol. The lowest BCUT2D eigenvalue weighted by Crippen LogP contribution is -2.57. The monoisotopic (exact) mass is 795 g/mol. The number of fused-ring (bicyclic) bond motifs is 2. The van der Waals surface area contributed by atoms with Crippen molar-refractivity contribution in [2.24, 2.45) is 0 Å². The fraction of sp³-hybridized carbons (Fsp3) is 0.211. The van der Waals surface area contributed by atoms with E-state index in [0.717, 1.165) is 29.0 Å². The summed E-state index contributed by atoms with van der Waals surface area (Å²) in [6, 6.07) is 18.4. The van der Waals surface area contributed by atoms with Crippen LogP contribution < -0.4 is 26.0 Å². The van der Waals surface area contributed by atoms with Gasteiger partial charge >= 0.3 is 18.3 Å². The fourth-order valence-corrected chi connectivity index (χ4v) is 5.92. The number of aliphatic carboxylic acids is 2. The number of hydrogen-bond acceptors (Lipinski definition) is 7. The van der Waals surface area contributed by atoms with E-state index in [-0.39, 0.29) is 17.8 Å². The van der Waals surface area contributed by atoms with Gasteiger partial charge in [-0.15, -0.1) is 13.2 Å². The SMILES string of the molecule is O=C(O)CC[C@H](NC(=O)[C@H](CC(=O)O)NC(=O)[C@H](Cc1ccc2ccccc2c1)NC(=O)c1cc2cc(Cl)ccc2[nH]1)C(=O)Nc1cccc(OC(F)(F)F)c1. The van der Waals surface area contributed by atoms with Crippen molar-refractivity contribution in [2.45, 2.75) is 50.2 Å². The number of ether oxygens (including phenoxy) is 1. The van der Waals surface area contributed by atoms with Gasteiger partial charge in [-0.2, -0.15) is 0 Å². The summed E-state index contributed by atoms with van der Waals surface area (Å²) in [5, 5.41) is 31.2. The van der Waals surface area contributed by atoms with Crippen LogP contribution in [0.2, 0.25) is 5.02 Å². The van der Waals surface area contributed by atoms with E-state index in [2.05, 4.69) is 31.0 Å². The zero-order valence-corrected chi connectivity index (χ0v) is 29.7. The molecule has 0 fully saturated rings. The average molecular weight is 796 g/mol. The van der Waals surface area contributed by atoms with Crippen molar-refractivity contribution in [1.29, 1.82) is 0 Å². The number of hydrogen-bond donors (Lipinski definition) is 7. The quantitative estimate of drug-likeness (QED) is 0.0701. The van der Waals surface area contributed by atoms with Crippen molar-refractivity contribution < 1.29 is 56.9 Å². The van der Waals surface area contributed by atoms with Crippen molar-refractivity contribution in [3.05, 3.63) is 107 Å². The van der Waals surface area contributed by atoms with E-state index in [1.807, 2.05) is 30.3 Å². The Morgan fingerprint density at radius 2 is 1.43 bits per heavy atom. The van der Waals surface area contributed by atoms with E-state index in [9.17, 15) is 52.2 Å². The van der Waals surface area contributed by atoms with Crippen LogP contribution in [0.3, 0.4) is 0 Å². The van der Waals surface area contributed by atoms with Gasteiger partial charge in [0.15, 0.2) is 0 Å². The largest absolute Gasteiger partial charge is 0.573 e. The molecule has 0 saturated heterocycles. The zero-order chi connectivity index (χ0) is 40.6. The Bertz CT molecular complexity index is 2300. The molecule has 0 unspecified atom stereocenters. The number of alkyl halides is 3. The highest BCUT2D eigenvalue weighted by Crippen LogP contribution is 2.26. The van der Waals surface area contributed by atoms with Gasteiger partial charge in [-0.05, 0) is 59.2 Å². The van der Waals surface area contributed by atoms with Gasteiger partial charge in [0, 0.05) is 40.5 Å². The standard InChI is InChI=1S/C38H33ClF3N5O9/c39-24-10-11-27-23(16-24)17-30(44-27)36(54)46-29(15-20-8-9-21-4-1-2-5-22(21)14-20)35(53)47-31(19-33(50)51)37(55)45-28(12-13-32(48)49)34(52)43-25-6-3-7-26(18-25)56-38(40,41)42/h1-11,14,16-18,28-29,31,44H,12-13,15,19H2,(H,43,52)(H,45,55)(H,46,54)(H,47,53)(H,48,49)(H,50,51)/t28-,29-,31-/m0/s1. The summed E-state index contributed by atoms with van der Waals surface area (Å²) >= 11 is 6.09. The summed E-state index contributed by atoms with van der Waals surface area (Å²) in [5.74, 6) is -7.53. The number of halogens is 4. The van der Waals surface area contributed by atoms with Gasteiger partial charge < -0.3 is 41.2 Å². The first-order valence-electron chi connectivity index (χ1n) is 16.8. The molecule has 0 bridgehead atoms. The molecule has 0 saturated carbocycles. The van der Waals surface area contributed by atoms with Gasteiger partial charge in [-0.3, -0.25) is 28.8 Å². The maximum absolute atomic E-state index is 13.9. The Labute approximate surface area is 320 Å². The van der Waals surface area contributed by atoms with E-state index in [1.54, 1.807) is 30.3 Å². The van der Waals surface area contributed by atoms with Crippen LogP contribution >= 0.6 is 11.6 Å². The van der Waals surface area contributed by atoms with Crippen molar-refractivity contribution in [3.63, 3.8) is 0 Å². The third-order valence-corrected chi connectivity index (χ3v) is 8.56. The molecule has 292 valence electrons. The third-order valence-electron chi connectivity index (χ3n) is 8.33. The molecule has 7 N–H and O–H groups in total. The van der Waals surface area contributed by atoms with Crippen LogP contribution in [-0.4, -0.2) is 75.3 Å². The fourth-order valence-electron chi connectivity index (χ4n) is 5.74. The molecule has 4 aromatic carbocycles. The number of carboxylic acids is 2. The molecule has 14 nitrogen and oxygen atoms in total. The molecule has 0 aliphatic carbocycles. The number of anilines is 1. The minimum absolute atomic E-state index is 0.0706. The van der Waals surface area contributed by atoms with Gasteiger partial charge in [0.25, 0.3) is 5.91 Å². The number of amides is 4. The second kappa shape index (κ2) is 17.7. The summed E-state index contributed by atoms with van der Waals surface area (Å²) < 4.78 is 42.1. The van der Waals surface area contributed by atoms with Crippen LogP contribution in [0.5, 0.6) is 5.75 Å². The predicted octanol–water partition coefficient (Wildman–Crippen LogP) is 5.16. The van der Waals surface area contributed by atoms with Gasteiger partial charge in [0.2, 0.25) is 17.7 Å². The number of aromatic amines is 1. The molecule has 5 rings (SSSR count). The summed E-state index contributed by atoms with van der Waals surface area (Å²) in [6.07, 6.45) is -7.34. The minimum atomic E-state index is -5.03. The zero-order valence-electron chi connectivity index (χ0n) is 29.0. The van der Waals surface area contributed by atoms with Crippen LogP contribution in [0.25, 0.3) is 21.7 Å². The average Bonchev–Trinajstić information content (AvgIpc) is 3.55. The lowest BCUT2D eigenvalue weighted by Gasteiger charge is -2.25. The Hall–Kier alpha value is -6.62. The maximum Gasteiger partial charge on any atom is 0.573 e. The topological polar surface area (TPSA) is 216 Å². The number of H-pyrrole nitrogens is 1. The van der Waals surface area contributed by atoms with E-state index < -0.39 is 85.1 Å². The molecule has 1 aromatic heterocycles. The molecule has 5 aromatic rings.